The highest BCUT2D eigenvalue weighted by molar-refractivity contribution is 5.53. The van der Waals surface area contributed by atoms with Crippen LogP contribution < -0.4 is 24.4 Å². The van der Waals surface area contributed by atoms with Crippen molar-refractivity contribution < 1.29 is 18.9 Å². The Kier molecular flexibility index (Phi) is 3.53. The van der Waals surface area contributed by atoms with Gasteiger partial charge < -0.3 is 23.5 Å². The lowest BCUT2D eigenvalue weighted by atomic mass is 10.0. The number of para-hydroxylation sites is 1. The van der Waals surface area contributed by atoms with Crippen molar-refractivity contribution in [3.05, 3.63) is 64.9 Å². The summed E-state index contributed by atoms with van der Waals surface area (Å²) < 4.78 is 23.9. The zero-order chi connectivity index (χ0) is 18.4. The Labute approximate surface area is 155 Å². The largest absolute Gasteiger partial charge is 0.493 e. The molecule has 0 radical (unpaired) electrons. The minimum absolute atomic E-state index is 0.246. The van der Waals surface area contributed by atoms with E-state index in [1.165, 1.54) is 0 Å². The van der Waals surface area contributed by atoms with Crippen LogP contribution in [0.2, 0.25) is 0 Å². The summed E-state index contributed by atoms with van der Waals surface area (Å²) in [4.78, 5) is 4.43. The van der Waals surface area contributed by atoms with Gasteiger partial charge in [-0.3, -0.25) is 5.41 Å². The van der Waals surface area contributed by atoms with Crippen molar-refractivity contribution in [1.82, 2.24) is 9.55 Å². The average molecular weight is 363 g/mol. The molecule has 0 saturated heterocycles. The van der Waals surface area contributed by atoms with Crippen LogP contribution >= 0.6 is 0 Å². The molecule has 0 saturated carbocycles. The Hall–Kier alpha value is -3.48. The molecule has 0 bridgehead atoms. The van der Waals surface area contributed by atoms with Gasteiger partial charge >= 0.3 is 0 Å². The van der Waals surface area contributed by atoms with Crippen LogP contribution in [0.1, 0.15) is 16.7 Å². The molecule has 136 valence electrons. The van der Waals surface area contributed by atoms with Crippen LogP contribution in [0.25, 0.3) is 0 Å². The lowest BCUT2D eigenvalue weighted by Gasteiger charge is -2.22. The van der Waals surface area contributed by atoms with E-state index in [0.29, 0.717) is 35.8 Å². The summed E-state index contributed by atoms with van der Waals surface area (Å²) in [5, 5.41) is 8.62. The first kappa shape index (κ1) is 15.7. The SMILES string of the molecule is COc1cccc2c1Oc1ncn(Cc3ccc4c(c3)OCO4)c(=N)c1C2. The number of fused-ring (bicyclic) bond motifs is 3. The van der Waals surface area contributed by atoms with Gasteiger partial charge in [0.15, 0.2) is 23.0 Å². The summed E-state index contributed by atoms with van der Waals surface area (Å²) in [5.41, 5.74) is 3.14. The molecular weight excluding hydrogens is 346 g/mol. The lowest BCUT2D eigenvalue weighted by molar-refractivity contribution is 0.174. The monoisotopic (exact) mass is 363 g/mol. The third-order valence-corrected chi connectivity index (χ3v) is 4.78. The molecule has 1 aromatic heterocycles. The van der Waals surface area contributed by atoms with Crippen LogP contribution in [-0.2, 0) is 13.0 Å². The van der Waals surface area contributed by atoms with E-state index < -0.39 is 0 Å². The molecule has 0 aliphatic carbocycles. The van der Waals surface area contributed by atoms with Gasteiger partial charge in [0.05, 0.1) is 19.2 Å². The molecule has 0 amide bonds. The molecule has 7 nitrogen and oxygen atoms in total. The summed E-state index contributed by atoms with van der Waals surface area (Å²) in [5.74, 6) is 3.28. The van der Waals surface area contributed by atoms with E-state index in [9.17, 15) is 0 Å². The van der Waals surface area contributed by atoms with Crippen molar-refractivity contribution in [3.63, 3.8) is 0 Å². The lowest BCUT2D eigenvalue weighted by Crippen LogP contribution is -2.27. The van der Waals surface area contributed by atoms with Crippen molar-refractivity contribution in [2.45, 2.75) is 13.0 Å². The van der Waals surface area contributed by atoms with Gasteiger partial charge in [0.1, 0.15) is 11.8 Å². The second kappa shape index (κ2) is 6.05. The number of hydrogen-bond donors (Lipinski definition) is 1. The van der Waals surface area contributed by atoms with Gasteiger partial charge in [0.25, 0.3) is 0 Å². The number of nitrogens with one attached hydrogen (secondary N) is 1. The molecule has 0 fully saturated rings. The molecule has 2 aliphatic rings. The molecular formula is C20H17N3O4. The van der Waals surface area contributed by atoms with Crippen LogP contribution in [0.5, 0.6) is 28.9 Å². The fourth-order valence-electron chi connectivity index (χ4n) is 3.40. The van der Waals surface area contributed by atoms with Crippen LogP contribution in [-0.4, -0.2) is 23.5 Å². The third kappa shape index (κ3) is 2.59. The fourth-order valence-corrected chi connectivity index (χ4v) is 3.40. The summed E-state index contributed by atoms with van der Waals surface area (Å²) in [7, 11) is 1.61. The van der Waals surface area contributed by atoms with Gasteiger partial charge in [0.2, 0.25) is 12.7 Å². The second-order valence-electron chi connectivity index (χ2n) is 6.42. The predicted molar refractivity (Wildman–Crippen MR) is 95.6 cm³/mol. The first-order chi connectivity index (χ1) is 13.2. The van der Waals surface area contributed by atoms with E-state index in [-0.39, 0.29) is 6.79 Å². The van der Waals surface area contributed by atoms with E-state index in [1.807, 2.05) is 36.4 Å². The molecule has 27 heavy (non-hydrogen) atoms. The highest BCUT2D eigenvalue weighted by atomic mass is 16.7. The topological polar surface area (TPSA) is 78.6 Å². The van der Waals surface area contributed by atoms with Crippen LogP contribution in [0.15, 0.2) is 42.7 Å². The molecule has 2 aromatic carbocycles. The normalized spacial score (nSPS) is 13.5. The number of aromatic nitrogens is 2. The van der Waals surface area contributed by atoms with Crippen LogP contribution in [0.3, 0.4) is 0 Å². The van der Waals surface area contributed by atoms with Gasteiger partial charge in [-0.15, -0.1) is 0 Å². The quantitative estimate of drug-likeness (QED) is 0.606. The molecule has 3 aromatic rings. The highest BCUT2D eigenvalue weighted by Crippen LogP contribution is 2.40. The minimum Gasteiger partial charge on any atom is -0.493 e. The molecule has 0 atom stereocenters. The van der Waals surface area contributed by atoms with Crippen molar-refractivity contribution in [2.75, 3.05) is 13.9 Å². The summed E-state index contributed by atoms with van der Waals surface area (Å²) in [6.07, 6.45) is 2.21. The first-order valence-electron chi connectivity index (χ1n) is 8.58. The molecule has 7 heteroatoms. The number of benzene rings is 2. The maximum Gasteiger partial charge on any atom is 0.231 e. The first-order valence-corrected chi connectivity index (χ1v) is 8.58. The zero-order valence-corrected chi connectivity index (χ0v) is 14.7. The van der Waals surface area contributed by atoms with Gasteiger partial charge in [-0.2, -0.15) is 0 Å². The van der Waals surface area contributed by atoms with Gasteiger partial charge in [-0.05, 0) is 23.8 Å². The Morgan fingerprint density at radius 2 is 2.07 bits per heavy atom. The van der Waals surface area contributed by atoms with Gasteiger partial charge in [-0.25, -0.2) is 4.98 Å². The molecule has 5 rings (SSSR count). The summed E-state index contributed by atoms with van der Waals surface area (Å²) >= 11 is 0. The molecule has 2 aliphatic heterocycles. The number of methoxy groups -OCH3 is 1. The Morgan fingerprint density at radius 1 is 1.19 bits per heavy atom. The van der Waals surface area contributed by atoms with Gasteiger partial charge in [-0.1, -0.05) is 18.2 Å². The maximum atomic E-state index is 8.62. The molecule has 1 N–H and O–H groups in total. The highest BCUT2D eigenvalue weighted by Gasteiger charge is 2.23. The predicted octanol–water partition coefficient (Wildman–Crippen LogP) is 2.84. The average Bonchev–Trinajstić information content (AvgIpc) is 3.16. The molecule has 3 heterocycles. The number of rotatable bonds is 3. The smallest absolute Gasteiger partial charge is 0.231 e. The van der Waals surface area contributed by atoms with Crippen molar-refractivity contribution >= 4 is 0 Å². The number of hydrogen-bond acceptors (Lipinski definition) is 6. The Morgan fingerprint density at radius 3 is 2.96 bits per heavy atom. The zero-order valence-electron chi connectivity index (χ0n) is 14.7. The van der Waals surface area contributed by atoms with Crippen molar-refractivity contribution in [2.24, 2.45) is 0 Å². The molecule has 0 unspecified atom stereocenters. The van der Waals surface area contributed by atoms with E-state index in [2.05, 4.69) is 4.98 Å². The summed E-state index contributed by atoms with van der Waals surface area (Å²) in [6, 6.07) is 11.6. The summed E-state index contributed by atoms with van der Waals surface area (Å²) in [6.45, 7) is 0.761. The third-order valence-electron chi connectivity index (χ3n) is 4.78. The molecule has 0 spiro atoms. The fraction of sp³-hybridized carbons (Fsp3) is 0.200. The van der Waals surface area contributed by atoms with E-state index in [1.54, 1.807) is 18.0 Å². The van der Waals surface area contributed by atoms with Crippen molar-refractivity contribution in [1.29, 1.82) is 5.41 Å². The standard InChI is InChI=1S/C20H17N3O4/c1-24-16-4-2-3-13-8-14-19(21)23(10-22-20(14)27-18(13)16)9-12-5-6-15-17(7-12)26-11-25-15/h2-7,10,21H,8-9,11H2,1H3. The minimum atomic E-state index is 0.246. The van der Waals surface area contributed by atoms with Crippen LogP contribution in [0.4, 0.5) is 0 Å². The van der Waals surface area contributed by atoms with Crippen LogP contribution in [0, 0.1) is 5.41 Å². The van der Waals surface area contributed by atoms with Gasteiger partial charge in [0, 0.05) is 12.0 Å². The number of nitrogens with zero attached hydrogens (tertiary/aromatic N) is 2. The van der Waals surface area contributed by atoms with E-state index in [4.69, 9.17) is 24.4 Å². The van der Waals surface area contributed by atoms with E-state index >= 15 is 0 Å². The number of ether oxygens (including phenoxy) is 4. The van der Waals surface area contributed by atoms with E-state index in [0.717, 1.165) is 28.2 Å². The second-order valence-corrected chi connectivity index (χ2v) is 6.42. The Bertz CT molecular complexity index is 1110. The maximum absolute atomic E-state index is 8.62. The Balaban J connectivity index is 1.49. The van der Waals surface area contributed by atoms with Crippen molar-refractivity contribution in [3.8, 4) is 28.9 Å².